The predicted octanol–water partition coefficient (Wildman–Crippen LogP) is 2.31. The van der Waals surface area contributed by atoms with E-state index in [0.29, 0.717) is 9.99 Å². The third kappa shape index (κ3) is 3.41. The second-order valence-electron chi connectivity index (χ2n) is 5.92. The molecule has 1 aliphatic rings. The van der Waals surface area contributed by atoms with E-state index in [-0.39, 0.29) is 17.7 Å². The van der Waals surface area contributed by atoms with Crippen LogP contribution in [0.4, 0.5) is 5.69 Å². The van der Waals surface area contributed by atoms with Crippen LogP contribution in [-0.2, 0) is 19.6 Å². The second-order valence-corrected chi connectivity index (χ2v) is 7.73. The summed E-state index contributed by atoms with van der Waals surface area (Å²) in [4.78, 5) is 24.7. The summed E-state index contributed by atoms with van der Waals surface area (Å²) in [6.45, 7) is 1.93. The lowest BCUT2D eigenvalue weighted by Crippen LogP contribution is -2.45. The van der Waals surface area contributed by atoms with Gasteiger partial charge in [0.05, 0.1) is 4.90 Å². The lowest BCUT2D eigenvalue weighted by Gasteiger charge is -2.23. The molecule has 0 aromatic heterocycles. The van der Waals surface area contributed by atoms with Gasteiger partial charge >= 0.3 is 0 Å². The third-order valence-electron chi connectivity index (χ3n) is 4.08. The molecule has 3 rings (SSSR count). The van der Waals surface area contributed by atoms with Crippen LogP contribution in [-0.4, -0.2) is 30.6 Å². The molecular weight excluding hydrogens is 340 g/mol. The Labute approximate surface area is 146 Å². The van der Waals surface area contributed by atoms with Crippen molar-refractivity contribution in [3.63, 3.8) is 0 Å². The Balaban J connectivity index is 1.87. The number of hydrogen-bond donors (Lipinski definition) is 1. The van der Waals surface area contributed by atoms with Crippen molar-refractivity contribution in [1.82, 2.24) is 4.31 Å². The zero-order valence-corrected chi connectivity index (χ0v) is 14.5. The van der Waals surface area contributed by atoms with E-state index in [2.05, 4.69) is 5.32 Å². The largest absolute Gasteiger partial charge is 0.324 e. The molecule has 2 aromatic rings. The molecule has 0 bridgehead atoms. The minimum atomic E-state index is -4.06. The zero-order chi connectivity index (χ0) is 18.0. The smallest absolute Gasteiger partial charge is 0.267 e. The molecule has 1 aliphatic heterocycles. The molecule has 1 fully saturated rings. The number of benzene rings is 2. The number of carbonyl (C=O) groups is 2. The maximum absolute atomic E-state index is 12.8. The molecular formula is C18H18N2O4S. The van der Waals surface area contributed by atoms with E-state index in [4.69, 9.17) is 0 Å². The molecule has 0 unspecified atom stereocenters. The van der Waals surface area contributed by atoms with E-state index in [1.807, 2.05) is 19.1 Å². The van der Waals surface area contributed by atoms with E-state index in [1.165, 1.54) is 12.1 Å². The lowest BCUT2D eigenvalue weighted by atomic mass is 10.2. The number of nitrogens with zero attached hydrogens (tertiary/aromatic N) is 1. The highest BCUT2D eigenvalue weighted by Gasteiger charge is 2.44. The summed E-state index contributed by atoms with van der Waals surface area (Å²) < 4.78 is 26.3. The van der Waals surface area contributed by atoms with E-state index >= 15 is 0 Å². The molecule has 0 spiro atoms. The average Bonchev–Trinajstić information content (AvgIpc) is 3.00. The van der Waals surface area contributed by atoms with Crippen molar-refractivity contribution >= 4 is 27.5 Å². The maximum Gasteiger partial charge on any atom is 0.267 e. The molecule has 1 atom stereocenters. The van der Waals surface area contributed by atoms with Gasteiger partial charge in [0.2, 0.25) is 11.8 Å². The summed E-state index contributed by atoms with van der Waals surface area (Å²) in [5.41, 5.74) is 1.61. The highest BCUT2D eigenvalue weighted by Crippen LogP contribution is 2.28. The average molecular weight is 358 g/mol. The number of anilines is 1. The molecule has 0 radical (unpaired) electrons. The third-order valence-corrected chi connectivity index (χ3v) is 5.93. The molecule has 0 saturated carbocycles. The normalized spacial score (nSPS) is 17.6. The predicted molar refractivity (Wildman–Crippen MR) is 93.3 cm³/mol. The molecule has 1 heterocycles. The van der Waals surface area contributed by atoms with E-state index < -0.39 is 27.9 Å². The summed E-state index contributed by atoms with van der Waals surface area (Å²) in [6.07, 6.45) is 0.195. The fourth-order valence-corrected chi connectivity index (χ4v) is 4.39. The summed E-state index contributed by atoms with van der Waals surface area (Å²) in [5.74, 6) is -1.07. The first-order chi connectivity index (χ1) is 11.9. The van der Waals surface area contributed by atoms with Gasteiger partial charge in [-0.05, 0) is 37.6 Å². The monoisotopic (exact) mass is 358 g/mol. The fourth-order valence-electron chi connectivity index (χ4n) is 2.77. The molecule has 130 valence electrons. The Kier molecular flexibility index (Phi) is 4.59. The van der Waals surface area contributed by atoms with Crippen molar-refractivity contribution in [3.05, 3.63) is 60.2 Å². The molecule has 2 aromatic carbocycles. The number of carbonyl (C=O) groups excluding carboxylic acids is 2. The quantitative estimate of drug-likeness (QED) is 0.909. The van der Waals surface area contributed by atoms with Crippen LogP contribution >= 0.6 is 0 Å². The van der Waals surface area contributed by atoms with Gasteiger partial charge in [0.25, 0.3) is 10.0 Å². The molecule has 6 nitrogen and oxygen atoms in total. The number of rotatable bonds is 4. The van der Waals surface area contributed by atoms with Crippen LogP contribution in [0.3, 0.4) is 0 Å². The molecule has 2 amide bonds. The Bertz CT molecular complexity index is 892. The number of amides is 2. The molecule has 1 saturated heterocycles. The lowest BCUT2D eigenvalue weighted by molar-refractivity contribution is -0.128. The van der Waals surface area contributed by atoms with Crippen LogP contribution in [0, 0.1) is 6.92 Å². The van der Waals surface area contributed by atoms with Gasteiger partial charge in [-0.25, -0.2) is 12.7 Å². The van der Waals surface area contributed by atoms with Crippen molar-refractivity contribution in [1.29, 1.82) is 0 Å². The molecule has 25 heavy (non-hydrogen) atoms. The maximum atomic E-state index is 12.8. The van der Waals surface area contributed by atoms with Crippen LogP contribution in [0.1, 0.15) is 18.4 Å². The van der Waals surface area contributed by atoms with Crippen molar-refractivity contribution in [2.45, 2.75) is 30.7 Å². The van der Waals surface area contributed by atoms with Gasteiger partial charge in [0, 0.05) is 12.1 Å². The van der Waals surface area contributed by atoms with Crippen LogP contribution in [0.15, 0.2) is 59.5 Å². The van der Waals surface area contributed by atoms with Gasteiger partial charge in [-0.1, -0.05) is 35.9 Å². The highest BCUT2D eigenvalue weighted by atomic mass is 32.2. The molecule has 7 heteroatoms. The summed E-state index contributed by atoms with van der Waals surface area (Å²) in [6, 6.07) is 13.8. The van der Waals surface area contributed by atoms with E-state index in [1.54, 1.807) is 30.3 Å². The van der Waals surface area contributed by atoms with Crippen molar-refractivity contribution < 1.29 is 18.0 Å². The zero-order valence-electron chi connectivity index (χ0n) is 13.7. The first kappa shape index (κ1) is 17.2. The number of sulfonamides is 1. The fraction of sp³-hybridized carbons (Fsp3) is 0.222. The number of hydrogen-bond acceptors (Lipinski definition) is 4. The SMILES string of the molecule is Cc1ccc(NC(=O)[C@@H]2CCC(=O)N2S(=O)(=O)c2ccccc2)cc1. The van der Waals surface area contributed by atoms with Gasteiger partial charge in [0.15, 0.2) is 0 Å². The minimum Gasteiger partial charge on any atom is -0.324 e. The minimum absolute atomic E-state index is 0.00149. The Morgan fingerprint density at radius 1 is 1.08 bits per heavy atom. The van der Waals surface area contributed by atoms with Crippen molar-refractivity contribution in [2.24, 2.45) is 0 Å². The van der Waals surface area contributed by atoms with Gasteiger partial charge in [-0.3, -0.25) is 9.59 Å². The standard InChI is InChI=1S/C18H18N2O4S/c1-13-7-9-14(10-8-13)19-18(22)16-11-12-17(21)20(16)25(23,24)15-5-3-2-4-6-15/h2-10,16H,11-12H2,1H3,(H,19,22)/t16-/m0/s1. The van der Waals surface area contributed by atoms with Gasteiger partial charge < -0.3 is 5.32 Å². The van der Waals surface area contributed by atoms with Gasteiger partial charge in [-0.15, -0.1) is 0 Å². The number of nitrogens with one attached hydrogen (secondary N) is 1. The highest BCUT2D eigenvalue weighted by molar-refractivity contribution is 7.89. The summed E-state index contributed by atoms with van der Waals surface area (Å²) in [5, 5.41) is 2.69. The molecule has 0 aliphatic carbocycles. The van der Waals surface area contributed by atoms with E-state index in [0.717, 1.165) is 5.56 Å². The first-order valence-corrected chi connectivity index (χ1v) is 9.33. The second kappa shape index (κ2) is 6.68. The Morgan fingerprint density at radius 3 is 2.36 bits per heavy atom. The topological polar surface area (TPSA) is 83.6 Å². The van der Waals surface area contributed by atoms with Gasteiger partial charge in [0.1, 0.15) is 6.04 Å². The van der Waals surface area contributed by atoms with Crippen LogP contribution in [0.25, 0.3) is 0 Å². The summed E-state index contributed by atoms with van der Waals surface area (Å²) in [7, 11) is -4.06. The molecule has 1 N–H and O–H groups in total. The van der Waals surface area contributed by atoms with Crippen LogP contribution in [0.2, 0.25) is 0 Å². The summed E-state index contributed by atoms with van der Waals surface area (Å²) >= 11 is 0. The van der Waals surface area contributed by atoms with Crippen LogP contribution < -0.4 is 5.32 Å². The van der Waals surface area contributed by atoms with Crippen LogP contribution in [0.5, 0.6) is 0 Å². The van der Waals surface area contributed by atoms with Gasteiger partial charge in [-0.2, -0.15) is 0 Å². The Morgan fingerprint density at radius 2 is 1.72 bits per heavy atom. The number of aryl methyl sites for hydroxylation is 1. The van der Waals surface area contributed by atoms with E-state index in [9.17, 15) is 18.0 Å². The van der Waals surface area contributed by atoms with Crippen molar-refractivity contribution in [3.8, 4) is 0 Å². The Hall–Kier alpha value is -2.67. The van der Waals surface area contributed by atoms with Crippen molar-refractivity contribution in [2.75, 3.05) is 5.32 Å². The first-order valence-electron chi connectivity index (χ1n) is 7.89.